The van der Waals surface area contributed by atoms with Crippen molar-refractivity contribution in [3.63, 3.8) is 0 Å². The first kappa shape index (κ1) is 27.8. The first-order valence-corrected chi connectivity index (χ1v) is 14.3. The summed E-state index contributed by atoms with van der Waals surface area (Å²) >= 11 is 0. The zero-order valence-corrected chi connectivity index (χ0v) is 24.4. The van der Waals surface area contributed by atoms with Crippen molar-refractivity contribution in [3.05, 3.63) is 34.9 Å². The smallest absolute Gasteiger partial charge is 0.0818 e. The summed E-state index contributed by atoms with van der Waals surface area (Å²) in [6.45, 7) is 26.6. The van der Waals surface area contributed by atoms with Gasteiger partial charge in [0.2, 0.25) is 0 Å². The predicted molar refractivity (Wildman–Crippen MR) is 149 cm³/mol. The number of hydrogen-bond acceptors (Lipinski definition) is 1. The Labute approximate surface area is 212 Å². The molecule has 0 aliphatic heterocycles. The summed E-state index contributed by atoms with van der Waals surface area (Å²) in [5, 5.41) is 0. The highest BCUT2D eigenvalue weighted by Crippen LogP contribution is 2.62. The van der Waals surface area contributed by atoms with Crippen molar-refractivity contribution in [1.29, 1.82) is 0 Å². The maximum Gasteiger partial charge on any atom is 0.0818 e. The van der Waals surface area contributed by atoms with Gasteiger partial charge in [-0.1, -0.05) is 84.8 Å². The maximum atomic E-state index is 5.77. The molecule has 0 bridgehead atoms. The summed E-state index contributed by atoms with van der Waals surface area (Å²) in [6.07, 6.45) is 14.5. The van der Waals surface area contributed by atoms with Gasteiger partial charge >= 0.3 is 0 Å². The molecule has 1 nitrogen and oxygen atoms in total. The van der Waals surface area contributed by atoms with Crippen molar-refractivity contribution < 1.29 is 4.74 Å². The average molecular weight is 469 g/mol. The molecule has 0 N–H and O–H groups in total. The minimum absolute atomic E-state index is 0.191. The Morgan fingerprint density at radius 3 is 2.44 bits per heavy atom. The number of rotatable bonds is 6. The van der Waals surface area contributed by atoms with E-state index in [0.717, 1.165) is 30.6 Å². The van der Waals surface area contributed by atoms with Gasteiger partial charge in [-0.3, -0.25) is 0 Å². The molecule has 0 saturated heterocycles. The molecule has 0 amide bonds. The van der Waals surface area contributed by atoms with Crippen LogP contribution in [0.1, 0.15) is 120 Å². The minimum atomic E-state index is 0.191. The van der Waals surface area contributed by atoms with Crippen LogP contribution in [0.15, 0.2) is 34.9 Å². The molecule has 3 fully saturated rings. The van der Waals surface area contributed by atoms with Crippen molar-refractivity contribution in [1.82, 2.24) is 0 Å². The van der Waals surface area contributed by atoms with Gasteiger partial charge in [0.1, 0.15) is 0 Å². The van der Waals surface area contributed by atoms with Crippen LogP contribution in [0.25, 0.3) is 0 Å². The lowest BCUT2D eigenvalue weighted by Gasteiger charge is -2.48. The Bertz CT molecular complexity index is 803. The third-order valence-electron chi connectivity index (χ3n) is 10.6. The largest absolute Gasteiger partial charge is 0.377 e. The molecule has 0 spiro atoms. The van der Waals surface area contributed by atoms with Crippen LogP contribution in [0.3, 0.4) is 0 Å². The highest BCUT2D eigenvalue weighted by molar-refractivity contribution is 5.35. The number of allylic oxidation sites excluding steroid dienone is 3. The lowest BCUT2D eigenvalue weighted by atomic mass is 9.56. The van der Waals surface area contributed by atoms with Gasteiger partial charge in [-0.15, -0.1) is 0 Å². The van der Waals surface area contributed by atoms with Crippen LogP contribution < -0.4 is 0 Å². The van der Waals surface area contributed by atoms with Gasteiger partial charge in [-0.05, 0) is 110 Å². The van der Waals surface area contributed by atoms with Gasteiger partial charge in [-0.25, -0.2) is 0 Å². The average Bonchev–Trinajstić information content (AvgIpc) is 3.10. The Kier molecular flexibility index (Phi) is 8.39. The van der Waals surface area contributed by atoms with E-state index < -0.39 is 0 Å². The third-order valence-corrected chi connectivity index (χ3v) is 10.6. The monoisotopic (exact) mass is 468 g/mol. The summed E-state index contributed by atoms with van der Waals surface area (Å²) in [7, 11) is 1.84. The SMILES string of the molecule is C=C1[C@H](C)C/C(=C/C(C)=C2\CCC[C@@]3(C)C2CCC3C(C)C(C)(C)CCC(C)(C)C)C[C@H]1OC. The Balaban J connectivity index is 1.82. The molecule has 1 heteroatoms. The Morgan fingerprint density at radius 2 is 1.82 bits per heavy atom. The second-order valence-corrected chi connectivity index (χ2v) is 14.6. The van der Waals surface area contributed by atoms with Crippen LogP contribution in [0.2, 0.25) is 0 Å². The number of fused-ring (bicyclic) bond motifs is 1. The van der Waals surface area contributed by atoms with E-state index in [1.165, 1.54) is 50.5 Å². The van der Waals surface area contributed by atoms with Crippen molar-refractivity contribution in [2.75, 3.05) is 7.11 Å². The standard InChI is InChI=1S/C33H56O/c1-22-19-26(21-30(34-11)24(22)3)20-23(2)27-13-12-16-33(10)28(14-15-29(27)33)25(4)32(8,9)18-17-31(5,6)7/h20,22,25,28-30H,3,12-19,21H2,1-2,4-11H3/b26-20-,27-23+/t22-,25?,28?,29?,30-,33-/m1/s1. The molecule has 3 rings (SSSR count). The first-order chi connectivity index (χ1) is 15.7. The fraction of sp³-hybridized carbons (Fsp3) is 0.818. The molecule has 0 heterocycles. The van der Waals surface area contributed by atoms with E-state index in [1.807, 2.05) is 7.11 Å². The van der Waals surface area contributed by atoms with Gasteiger partial charge in [0, 0.05) is 7.11 Å². The van der Waals surface area contributed by atoms with Gasteiger partial charge in [-0.2, -0.15) is 0 Å². The molecule has 0 radical (unpaired) electrons. The molecule has 0 aromatic carbocycles. The molecule has 0 aromatic rings. The minimum Gasteiger partial charge on any atom is -0.377 e. The first-order valence-electron chi connectivity index (χ1n) is 14.3. The van der Waals surface area contributed by atoms with E-state index in [0.29, 0.717) is 22.2 Å². The lowest BCUT2D eigenvalue weighted by Crippen LogP contribution is -2.40. The van der Waals surface area contributed by atoms with Gasteiger partial charge < -0.3 is 4.74 Å². The summed E-state index contributed by atoms with van der Waals surface area (Å²) in [4.78, 5) is 0. The van der Waals surface area contributed by atoms with Crippen molar-refractivity contribution in [3.8, 4) is 0 Å². The van der Waals surface area contributed by atoms with Gasteiger partial charge in [0.05, 0.1) is 6.10 Å². The van der Waals surface area contributed by atoms with E-state index >= 15 is 0 Å². The second-order valence-electron chi connectivity index (χ2n) is 14.6. The Hall–Kier alpha value is -0.820. The van der Waals surface area contributed by atoms with Crippen molar-refractivity contribution >= 4 is 0 Å². The van der Waals surface area contributed by atoms with Crippen molar-refractivity contribution in [2.24, 2.45) is 39.9 Å². The van der Waals surface area contributed by atoms with Crippen LogP contribution in [-0.4, -0.2) is 13.2 Å². The Morgan fingerprint density at radius 1 is 1.15 bits per heavy atom. The quantitative estimate of drug-likeness (QED) is 0.352. The van der Waals surface area contributed by atoms with Crippen LogP contribution in [0.4, 0.5) is 0 Å². The normalized spacial score (nSPS) is 36.5. The molecule has 194 valence electrons. The summed E-state index contributed by atoms with van der Waals surface area (Å²) in [5.41, 5.74) is 7.50. The molecule has 34 heavy (non-hydrogen) atoms. The molecular formula is C33H56O. The highest BCUT2D eigenvalue weighted by Gasteiger charge is 2.53. The summed E-state index contributed by atoms with van der Waals surface area (Å²) < 4.78 is 5.77. The molecule has 3 unspecified atom stereocenters. The fourth-order valence-corrected chi connectivity index (χ4v) is 7.84. The topological polar surface area (TPSA) is 9.23 Å². The van der Waals surface area contributed by atoms with Crippen LogP contribution >= 0.6 is 0 Å². The summed E-state index contributed by atoms with van der Waals surface area (Å²) in [6, 6.07) is 0. The number of ether oxygens (including phenoxy) is 1. The molecule has 3 saturated carbocycles. The van der Waals surface area contributed by atoms with Crippen LogP contribution in [0, 0.1) is 39.9 Å². The molecule has 0 aromatic heterocycles. The maximum absolute atomic E-state index is 5.77. The lowest BCUT2D eigenvalue weighted by molar-refractivity contribution is 0.0324. The van der Waals surface area contributed by atoms with E-state index in [2.05, 4.69) is 75.0 Å². The molecule has 3 aliphatic rings. The van der Waals surface area contributed by atoms with Gasteiger partial charge in [0.15, 0.2) is 0 Å². The van der Waals surface area contributed by atoms with Crippen LogP contribution in [-0.2, 0) is 4.74 Å². The molecule has 3 aliphatic carbocycles. The number of methoxy groups -OCH3 is 1. The molecular weight excluding hydrogens is 412 g/mol. The second kappa shape index (κ2) is 10.3. The third kappa shape index (κ3) is 5.77. The predicted octanol–water partition coefficient (Wildman–Crippen LogP) is 9.94. The van der Waals surface area contributed by atoms with E-state index in [-0.39, 0.29) is 6.10 Å². The van der Waals surface area contributed by atoms with E-state index in [1.54, 1.807) is 16.7 Å². The summed E-state index contributed by atoms with van der Waals surface area (Å²) in [5.74, 6) is 2.92. The zero-order valence-electron chi connectivity index (χ0n) is 24.4. The molecule has 6 atom stereocenters. The van der Waals surface area contributed by atoms with Gasteiger partial charge in [0.25, 0.3) is 0 Å². The fourth-order valence-electron chi connectivity index (χ4n) is 7.84. The van der Waals surface area contributed by atoms with Crippen molar-refractivity contribution in [2.45, 2.75) is 126 Å². The zero-order chi connectivity index (χ0) is 25.5. The van der Waals surface area contributed by atoms with E-state index in [9.17, 15) is 0 Å². The number of hydrogen-bond donors (Lipinski definition) is 0. The van der Waals surface area contributed by atoms with E-state index in [4.69, 9.17) is 4.74 Å². The van der Waals surface area contributed by atoms with Crippen LogP contribution in [0.5, 0.6) is 0 Å². The highest BCUT2D eigenvalue weighted by atomic mass is 16.5.